The Labute approximate surface area is 177 Å². The minimum absolute atomic E-state index is 0.114. The minimum atomic E-state index is -4.97. The highest BCUT2D eigenvalue weighted by Gasteiger charge is 2.37. The maximum absolute atomic E-state index is 13.8. The molecule has 0 radical (unpaired) electrons. The first-order valence-electron chi connectivity index (χ1n) is 8.50. The molecule has 0 fully saturated rings. The number of hydrogen-bond acceptors (Lipinski definition) is 3. The van der Waals surface area contributed by atoms with Gasteiger partial charge in [-0.15, -0.1) is 0 Å². The number of nitrogens with one attached hydrogen (secondary N) is 1. The Kier molecular flexibility index (Phi) is 6.26. The molecule has 3 rings (SSSR count). The average molecular weight is 456 g/mol. The number of esters is 1. The number of carbonyl (C=O) groups excluding carboxylic acids is 2. The Hall–Kier alpha value is -3.46. The van der Waals surface area contributed by atoms with Crippen LogP contribution in [0.5, 0.6) is 5.75 Å². The van der Waals surface area contributed by atoms with Crippen molar-refractivity contribution >= 4 is 29.2 Å². The van der Waals surface area contributed by atoms with Crippen molar-refractivity contribution in [2.75, 3.05) is 5.32 Å². The summed E-state index contributed by atoms with van der Waals surface area (Å²) in [6.45, 7) is 0. The second-order valence-electron chi connectivity index (χ2n) is 6.15. The van der Waals surface area contributed by atoms with Crippen molar-refractivity contribution in [3.8, 4) is 5.75 Å². The van der Waals surface area contributed by atoms with Crippen LogP contribution in [-0.4, -0.2) is 11.9 Å². The third-order valence-corrected chi connectivity index (χ3v) is 4.27. The van der Waals surface area contributed by atoms with Crippen LogP contribution in [0.1, 0.15) is 26.3 Å². The van der Waals surface area contributed by atoms with Gasteiger partial charge in [-0.25, -0.2) is 13.6 Å². The van der Waals surface area contributed by atoms with Gasteiger partial charge in [-0.05, 0) is 48.5 Å². The highest BCUT2D eigenvalue weighted by molar-refractivity contribution is 6.30. The predicted molar refractivity (Wildman–Crippen MR) is 102 cm³/mol. The molecule has 31 heavy (non-hydrogen) atoms. The maximum Gasteiger partial charge on any atom is 0.420 e. The van der Waals surface area contributed by atoms with Crippen LogP contribution >= 0.6 is 11.6 Å². The van der Waals surface area contributed by atoms with Crippen molar-refractivity contribution in [3.05, 3.63) is 94.0 Å². The Morgan fingerprint density at radius 3 is 2.23 bits per heavy atom. The van der Waals surface area contributed by atoms with Gasteiger partial charge in [0.1, 0.15) is 11.6 Å². The van der Waals surface area contributed by atoms with Crippen LogP contribution in [0.2, 0.25) is 5.02 Å². The van der Waals surface area contributed by atoms with Crippen molar-refractivity contribution < 1.29 is 36.3 Å². The number of para-hydroxylation sites is 1. The van der Waals surface area contributed by atoms with Gasteiger partial charge >= 0.3 is 12.1 Å². The SMILES string of the molecule is O=C(Oc1c(C(=O)Nc2ccc(F)cc2F)cccc1C(F)(F)F)c1ccc(Cl)cc1. The molecule has 0 bridgehead atoms. The van der Waals surface area contributed by atoms with E-state index in [0.717, 1.165) is 24.3 Å². The summed E-state index contributed by atoms with van der Waals surface area (Å²) in [4.78, 5) is 24.9. The van der Waals surface area contributed by atoms with E-state index in [1.165, 1.54) is 24.3 Å². The standard InChI is InChI=1S/C21H11ClF5NO3/c22-12-6-4-11(5-7-12)20(30)31-18-14(2-1-3-15(18)21(25,26)27)19(29)28-17-9-8-13(23)10-16(17)24/h1-10H,(H,28,29). The molecule has 0 aliphatic carbocycles. The molecule has 1 N–H and O–H groups in total. The Morgan fingerprint density at radius 1 is 0.935 bits per heavy atom. The number of amides is 1. The van der Waals surface area contributed by atoms with E-state index in [4.69, 9.17) is 16.3 Å². The van der Waals surface area contributed by atoms with Crippen molar-refractivity contribution in [1.82, 2.24) is 0 Å². The zero-order chi connectivity index (χ0) is 22.8. The molecule has 10 heteroatoms. The smallest absolute Gasteiger partial charge is 0.420 e. The molecule has 0 aliphatic heterocycles. The lowest BCUT2D eigenvalue weighted by Crippen LogP contribution is -2.20. The quantitative estimate of drug-likeness (QED) is 0.293. The van der Waals surface area contributed by atoms with Crippen LogP contribution in [0.3, 0.4) is 0 Å². The molecule has 0 saturated heterocycles. The van der Waals surface area contributed by atoms with Gasteiger partial charge in [0.2, 0.25) is 0 Å². The van der Waals surface area contributed by atoms with Crippen LogP contribution in [0.4, 0.5) is 27.6 Å². The van der Waals surface area contributed by atoms with Gasteiger partial charge in [0.15, 0.2) is 5.75 Å². The van der Waals surface area contributed by atoms with E-state index >= 15 is 0 Å². The van der Waals surface area contributed by atoms with Crippen molar-refractivity contribution in [3.63, 3.8) is 0 Å². The van der Waals surface area contributed by atoms with Gasteiger partial charge in [0, 0.05) is 11.1 Å². The first kappa shape index (κ1) is 22.2. The molecule has 3 aromatic rings. The molecule has 1 amide bonds. The fourth-order valence-corrected chi connectivity index (χ4v) is 2.69. The second-order valence-corrected chi connectivity index (χ2v) is 6.59. The molecular weight excluding hydrogens is 445 g/mol. The second kappa shape index (κ2) is 8.73. The fourth-order valence-electron chi connectivity index (χ4n) is 2.57. The van der Waals surface area contributed by atoms with Gasteiger partial charge in [-0.2, -0.15) is 13.2 Å². The minimum Gasteiger partial charge on any atom is -0.421 e. The lowest BCUT2D eigenvalue weighted by Gasteiger charge is -2.16. The molecule has 0 spiro atoms. The largest absolute Gasteiger partial charge is 0.421 e. The summed E-state index contributed by atoms with van der Waals surface area (Å²) in [7, 11) is 0. The van der Waals surface area contributed by atoms with Gasteiger partial charge in [-0.1, -0.05) is 17.7 Å². The number of rotatable bonds is 4. The molecule has 0 heterocycles. The Bertz CT molecular complexity index is 1150. The van der Waals surface area contributed by atoms with Crippen LogP contribution in [0.25, 0.3) is 0 Å². The number of anilines is 1. The monoisotopic (exact) mass is 455 g/mol. The third-order valence-electron chi connectivity index (χ3n) is 4.02. The zero-order valence-electron chi connectivity index (χ0n) is 15.3. The van der Waals surface area contributed by atoms with Crippen LogP contribution < -0.4 is 10.1 Å². The molecule has 0 aromatic heterocycles. The summed E-state index contributed by atoms with van der Waals surface area (Å²) < 4.78 is 72.3. The number of hydrogen-bond donors (Lipinski definition) is 1. The van der Waals surface area contributed by atoms with E-state index in [9.17, 15) is 31.5 Å². The van der Waals surface area contributed by atoms with E-state index < -0.39 is 52.3 Å². The first-order chi connectivity index (χ1) is 14.6. The Balaban J connectivity index is 2.00. The molecule has 0 atom stereocenters. The van der Waals surface area contributed by atoms with E-state index in [1.54, 1.807) is 0 Å². The van der Waals surface area contributed by atoms with Gasteiger partial charge in [0.25, 0.3) is 5.91 Å². The molecule has 0 unspecified atom stereocenters. The van der Waals surface area contributed by atoms with Crippen molar-refractivity contribution in [2.45, 2.75) is 6.18 Å². The molecule has 160 valence electrons. The van der Waals surface area contributed by atoms with Gasteiger partial charge in [0.05, 0.1) is 22.4 Å². The number of halogens is 6. The lowest BCUT2D eigenvalue weighted by atomic mass is 10.1. The average Bonchev–Trinajstić information content (AvgIpc) is 2.69. The summed E-state index contributed by atoms with van der Waals surface area (Å²) in [5.41, 5.74) is -2.65. The summed E-state index contributed by atoms with van der Waals surface area (Å²) in [6, 6.07) is 9.89. The molecule has 3 aromatic carbocycles. The number of ether oxygens (including phenoxy) is 1. The molecule has 0 saturated carbocycles. The summed E-state index contributed by atoms with van der Waals surface area (Å²) in [5.74, 6) is -5.48. The topological polar surface area (TPSA) is 55.4 Å². The maximum atomic E-state index is 13.8. The zero-order valence-corrected chi connectivity index (χ0v) is 16.0. The third kappa shape index (κ3) is 5.18. The Morgan fingerprint density at radius 2 is 1.61 bits per heavy atom. The van der Waals surface area contributed by atoms with Crippen molar-refractivity contribution in [1.29, 1.82) is 0 Å². The summed E-state index contributed by atoms with van der Waals surface area (Å²) in [5, 5.41) is 2.32. The van der Waals surface area contributed by atoms with Crippen LogP contribution in [0.15, 0.2) is 60.7 Å². The van der Waals surface area contributed by atoms with Gasteiger partial charge < -0.3 is 10.1 Å². The fraction of sp³-hybridized carbons (Fsp3) is 0.0476. The van der Waals surface area contributed by atoms with Crippen LogP contribution in [0, 0.1) is 11.6 Å². The number of carbonyl (C=O) groups is 2. The molecular formula is C21H11ClF5NO3. The number of benzene rings is 3. The van der Waals surface area contributed by atoms with E-state index in [-0.39, 0.29) is 10.6 Å². The summed E-state index contributed by atoms with van der Waals surface area (Å²) >= 11 is 5.72. The predicted octanol–water partition coefficient (Wildman–Crippen LogP) is 6.11. The highest BCUT2D eigenvalue weighted by Crippen LogP contribution is 2.39. The first-order valence-corrected chi connectivity index (χ1v) is 8.88. The summed E-state index contributed by atoms with van der Waals surface area (Å²) in [6.07, 6.45) is -4.97. The van der Waals surface area contributed by atoms with Crippen molar-refractivity contribution in [2.24, 2.45) is 0 Å². The van der Waals surface area contributed by atoms with E-state index in [1.807, 2.05) is 5.32 Å². The normalized spacial score (nSPS) is 11.2. The van der Waals surface area contributed by atoms with E-state index in [2.05, 4.69) is 0 Å². The number of alkyl halides is 3. The van der Waals surface area contributed by atoms with Gasteiger partial charge in [-0.3, -0.25) is 4.79 Å². The highest BCUT2D eigenvalue weighted by atomic mass is 35.5. The lowest BCUT2D eigenvalue weighted by molar-refractivity contribution is -0.138. The molecule has 0 aliphatic rings. The van der Waals surface area contributed by atoms with Crippen LogP contribution in [-0.2, 0) is 6.18 Å². The van der Waals surface area contributed by atoms with E-state index in [0.29, 0.717) is 12.1 Å². The molecule has 4 nitrogen and oxygen atoms in total.